The van der Waals surface area contributed by atoms with E-state index >= 15 is 0 Å². The molecule has 1 unspecified atom stereocenters. The molecular formula is C16H32N4O. The Balaban J connectivity index is 1.78. The summed E-state index contributed by atoms with van der Waals surface area (Å²) in [7, 11) is 4.29. The maximum atomic E-state index is 12.3. The Labute approximate surface area is 129 Å². The van der Waals surface area contributed by atoms with Crippen LogP contribution in [0.2, 0.25) is 0 Å². The van der Waals surface area contributed by atoms with Gasteiger partial charge in [-0.15, -0.1) is 0 Å². The number of carbonyl (C=O) groups excluding carboxylic acids is 1. The molecule has 1 amide bonds. The van der Waals surface area contributed by atoms with Gasteiger partial charge >= 0.3 is 0 Å². The van der Waals surface area contributed by atoms with Crippen LogP contribution in [0.15, 0.2) is 0 Å². The van der Waals surface area contributed by atoms with Crippen LogP contribution in [0.5, 0.6) is 0 Å². The van der Waals surface area contributed by atoms with Crippen LogP contribution in [0.25, 0.3) is 0 Å². The van der Waals surface area contributed by atoms with Gasteiger partial charge in [-0.2, -0.15) is 0 Å². The number of rotatable bonds is 5. The molecule has 2 aliphatic rings. The van der Waals surface area contributed by atoms with Crippen molar-refractivity contribution in [3.05, 3.63) is 0 Å². The third-order valence-corrected chi connectivity index (χ3v) is 5.40. The van der Waals surface area contributed by atoms with Crippen molar-refractivity contribution in [2.24, 2.45) is 11.1 Å². The van der Waals surface area contributed by atoms with E-state index in [2.05, 4.69) is 29.2 Å². The summed E-state index contributed by atoms with van der Waals surface area (Å²) in [4.78, 5) is 17.0. The van der Waals surface area contributed by atoms with Crippen molar-refractivity contribution in [3.8, 4) is 0 Å². The molecular weight excluding hydrogens is 264 g/mol. The van der Waals surface area contributed by atoms with Crippen LogP contribution in [0.1, 0.15) is 38.5 Å². The smallest absolute Gasteiger partial charge is 0.220 e. The molecule has 5 nitrogen and oxygen atoms in total. The molecule has 0 aromatic heterocycles. The van der Waals surface area contributed by atoms with E-state index in [1.54, 1.807) is 0 Å². The minimum atomic E-state index is 0.0671. The van der Waals surface area contributed by atoms with Crippen molar-refractivity contribution in [2.45, 2.75) is 44.6 Å². The molecule has 1 aliphatic carbocycles. The molecule has 0 bridgehead atoms. The monoisotopic (exact) mass is 296 g/mol. The highest BCUT2D eigenvalue weighted by molar-refractivity contribution is 5.76. The molecule has 1 atom stereocenters. The fourth-order valence-corrected chi connectivity index (χ4v) is 3.71. The first-order valence-electron chi connectivity index (χ1n) is 8.40. The lowest BCUT2D eigenvalue weighted by atomic mass is 9.71. The van der Waals surface area contributed by atoms with E-state index < -0.39 is 0 Å². The van der Waals surface area contributed by atoms with Gasteiger partial charge in [0.05, 0.1) is 0 Å². The zero-order chi connectivity index (χ0) is 15.3. The first-order valence-corrected chi connectivity index (χ1v) is 8.40. The Bertz CT molecular complexity index is 341. The van der Waals surface area contributed by atoms with Gasteiger partial charge in [0.15, 0.2) is 0 Å². The van der Waals surface area contributed by atoms with Gasteiger partial charge in [-0.1, -0.05) is 19.3 Å². The van der Waals surface area contributed by atoms with E-state index in [0.717, 1.165) is 39.0 Å². The highest BCUT2D eigenvalue weighted by atomic mass is 16.1. The molecule has 0 aromatic rings. The lowest BCUT2D eigenvalue weighted by molar-refractivity contribution is -0.124. The average molecular weight is 296 g/mol. The third kappa shape index (κ3) is 4.66. The van der Waals surface area contributed by atoms with Crippen LogP contribution in [0.3, 0.4) is 0 Å². The van der Waals surface area contributed by atoms with Crippen LogP contribution in [0, 0.1) is 5.41 Å². The van der Waals surface area contributed by atoms with Crippen molar-refractivity contribution < 1.29 is 4.79 Å². The van der Waals surface area contributed by atoms with Gasteiger partial charge in [-0.3, -0.25) is 9.69 Å². The van der Waals surface area contributed by atoms with Crippen LogP contribution < -0.4 is 11.1 Å². The second-order valence-electron chi connectivity index (χ2n) is 7.14. The summed E-state index contributed by atoms with van der Waals surface area (Å²) in [6, 6.07) is 0.424. The van der Waals surface area contributed by atoms with Crippen LogP contribution in [-0.4, -0.2) is 68.6 Å². The number of nitrogens with zero attached hydrogens (tertiary/aromatic N) is 2. The Morgan fingerprint density at radius 3 is 2.62 bits per heavy atom. The number of hydrogen-bond acceptors (Lipinski definition) is 4. The second kappa shape index (κ2) is 7.56. The Hall–Kier alpha value is -0.650. The summed E-state index contributed by atoms with van der Waals surface area (Å²) in [5.74, 6) is 0.184. The maximum Gasteiger partial charge on any atom is 0.220 e. The molecule has 2 rings (SSSR count). The van der Waals surface area contributed by atoms with Crippen molar-refractivity contribution in [1.82, 2.24) is 15.1 Å². The minimum Gasteiger partial charge on any atom is -0.354 e. The van der Waals surface area contributed by atoms with Gasteiger partial charge < -0.3 is 16.0 Å². The molecule has 1 heterocycles. The quantitative estimate of drug-likeness (QED) is 0.782. The molecule has 0 spiro atoms. The number of nitrogens with two attached hydrogens (primary N) is 1. The van der Waals surface area contributed by atoms with Crippen molar-refractivity contribution >= 4 is 5.91 Å². The first-order chi connectivity index (χ1) is 10.0. The zero-order valence-electron chi connectivity index (χ0n) is 13.7. The van der Waals surface area contributed by atoms with E-state index in [-0.39, 0.29) is 11.3 Å². The SMILES string of the molecule is CN1CCN(C)C(CNC(=O)CC2(CN)CCCCC2)C1. The number of hydrogen-bond donors (Lipinski definition) is 2. The number of likely N-dealkylation sites (N-methyl/N-ethyl adjacent to an activating group) is 2. The van der Waals surface area contributed by atoms with E-state index in [4.69, 9.17) is 5.73 Å². The highest BCUT2D eigenvalue weighted by Gasteiger charge is 2.33. The fraction of sp³-hybridized carbons (Fsp3) is 0.938. The van der Waals surface area contributed by atoms with Crippen molar-refractivity contribution in [3.63, 3.8) is 0 Å². The van der Waals surface area contributed by atoms with E-state index in [9.17, 15) is 4.79 Å². The van der Waals surface area contributed by atoms with E-state index in [0.29, 0.717) is 19.0 Å². The van der Waals surface area contributed by atoms with Gasteiger partial charge in [0.2, 0.25) is 5.91 Å². The second-order valence-corrected chi connectivity index (χ2v) is 7.14. The van der Waals surface area contributed by atoms with Gasteiger partial charge in [-0.25, -0.2) is 0 Å². The predicted octanol–water partition coefficient (Wildman–Crippen LogP) is 0.648. The topological polar surface area (TPSA) is 61.6 Å². The lowest BCUT2D eigenvalue weighted by Crippen LogP contribution is -2.54. The summed E-state index contributed by atoms with van der Waals surface area (Å²) < 4.78 is 0. The third-order valence-electron chi connectivity index (χ3n) is 5.40. The van der Waals surface area contributed by atoms with Gasteiger partial charge in [0, 0.05) is 38.6 Å². The van der Waals surface area contributed by atoms with Crippen molar-refractivity contribution in [1.29, 1.82) is 0 Å². The van der Waals surface area contributed by atoms with Crippen LogP contribution >= 0.6 is 0 Å². The minimum absolute atomic E-state index is 0.0671. The summed E-state index contributed by atoms with van der Waals surface area (Å²) in [5, 5.41) is 3.15. The Morgan fingerprint density at radius 2 is 1.95 bits per heavy atom. The molecule has 1 aliphatic heterocycles. The van der Waals surface area contributed by atoms with Gasteiger partial charge in [0.1, 0.15) is 0 Å². The van der Waals surface area contributed by atoms with Gasteiger partial charge in [-0.05, 0) is 38.9 Å². The normalized spacial score (nSPS) is 27.5. The highest BCUT2D eigenvalue weighted by Crippen LogP contribution is 2.38. The Kier molecular flexibility index (Phi) is 6.02. The zero-order valence-corrected chi connectivity index (χ0v) is 13.7. The largest absolute Gasteiger partial charge is 0.354 e. The molecule has 5 heteroatoms. The predicted molar refractivity (Wildman–Crippen MR) is 86.1 cm³/mol. The Morgan fingerprint density at radius 1 is 1.24 bits per heavy atom. The fourth-order valence-electron chi connectivity index (χ4n) is 3.71. The molecule has 1 saturated carbocycles. The molecule has 21 heavy (non-hydrogen) atoms. The molecule has 0 radical (unpaired) electrons. The summed E-state index contributed by atoms with van der Waals surface area (Å²) in [6.07, 6.45) is 6.57. The standard InChI is InChI=1S/C16H32N4O/c1-19-8-9-20(2)14(12-19)11-18-15(21)10-16(13-17)6-4-3-5-7-16/h14H,3-13,17H2,1-2H3,(H,18,21). The summed E-state index contributed by atoms with van der Waals surface area (Å²) in [6.45, 7) is 4.60. The van der Waals surface area contributed by atoms with Crippen molar-refractivity contribution in [2.75, 3.05) is 46.8 Å². The van der Waals surface area contributed by atoms with Gasteiger partial charge in [0.25, 0.3) is 0 Å². The van der Waals surface area contributed by atoms with E-state index in [1.807, 2.05) is 0 Å². The first kappa shape index (κ1) is 16.7. The number of amides is 1. The molecule has 122 valence electrons. The van der Waals surface area contributed by atoms with Crippen LogP contribution in [0.4, 0.5) is 0 Å². The number of carbonyl (C=O) groups is 1. The summed E-state index contributed by atoms with van der Waals surface area (Å²) >= 11 is 0. The van der Waals surface area contributed by atoms with Crippen LogP contribution in [-0.2, 0) is 4.79 Å². The van der Waals surface area contributed by atoms with E-state index in [1.165, 1.54) is 19.3 Å². The molecule has 2 fully saturated rings. The summed E-state index contributed by atoms with van der Waals surface area (Å²) in [5.41, 5.74) is 6.04. The average Bonchev–Trinajstić information content (AvgIpc) is 2.49. The molecule has 3 N–H and O–H groups in total. The lowest BCUT2D eigenvalue weighted by Gasteiger charge is -2.38. The number of nitrogens with one attached hydrogen (secondary N) is 1. The molecule has 1 saturated heterocycles. The maximum absolute atomic E-state index is 12.3. The number of piperazine rings is 1. The molecule has 0 aromatic carbocycles.